The second-order valence-electron chi connectivity index (χ2n) is 5.02. The van der Waals surface area contributed by atoms with Crippen molar-refractivity contribution in [1.82, 2.24) is 0 Å². The van der Waals surface area contributed by atoms with Crippen LogP contribution in [0.2, 0.25) is 0 Å². The average Bonchev–Trinajstić information content (AvgIpc) is 2.55. The number of hydrogen-bond donors (Lipinski definition) is 1. The van der Waals surface area contributed by atoms with Crippen molar-refractivity contribution >= 4 is 29.9 Å². The van der Waals surface area contributed by atoms with E-state index in [9.17, 15) is 14.4 Å². The van der Waals surface area contributed by atoms with Gasteiger partial charge in [0, 0.05) is 43.5 Å². The first kappa shape index (κ1) is 18.1. The number of hydrogen-bond acceptors (Lipinski definition) is 4. The van der Waals surface area contributed by atoms with Gasteiger partial charge in [-0.25, -0.2) is 0 Å². The highest BCUT2D eigenvalue weighted by molar-refractivity contribution is 5.89. The molecule has 0 saturated carbocycles. The molecule has 2 aromatic carbocycles. The van der Waals surface area contributed by atoms with Crippen molar-refractivity contribution in [3.8, 4) is 0 Å². The summed E-state index contributed by atoms with van der Waals surface area (Å²) in [5.74, 6) is -0.117. The van der Waals surface area contributed by atoms with E-state index in [1.165, 1.54) is 6.92 Å². The summed E-state index contributed by atoms with van der Waals surface area (Å²) < 4.78 is 0. The molecule has 0 saturated heterocycles. The van der Waals surface area contributed by atoms with Crippen LogP contribution in [0.5, 0.6) is 0 Å². The van der Waals surface area contributed by atoms with Crippen molar-refractivity contribution in [2.45, 2.75) is 6.92 Å². The zero-order valence-electron chi connectivity index (χ0n) is 13.4. The predicted octanol–water partition coefficient (Wildman–Crippen LogP) is 3.02. The minimum atomic E-state index is -0.117. The molecule has 0 radical (unpaired) electrons. The van der Waals surface area contributed by atoms with Gasteiger partial charge in [-0.3, -0.25) is 14.4 Å². The van der Waals surface area contributed by atoms with Gasteiger partial charge in [0.05, 0.1) is 0 Å². The van der Waals surface area contributed by atoms with Crippen LogP contribution in [-0.2, 0) is 4.79 Å². The van der Waals surface area contributed by atoms with E-state index in [-0.39, 0.29) is 5.91 Å². The van der Waals surface area contributed by atoms with Crippen molar-refractivity contribution in [1.29, 1.82) is 0 Å². The Bertz CT molecular complexity index is 647. The molecule has 0 fully saturated rings. The van der Waals surface area contributed by atoms with Crippen LogP contribution in [0.25, 0.3) is 0 Å². The van der Waals surface area contributed by atoms with E-state index in [0.29, 0.717) is 11.3 Å². The van der Waals surface area contributed by atoms with Gasteiger partial charge in [0.25, 0.3) is 0 Å². The molecule has 0 bridgehead atoms. The van der Waals surface area contributed by atoms with Crippen LogP contribution in [0, 0.1) is 0 Å². The Morgan fingerprint density at radius 3 is 1.65 bits per heavy atom. The molecule has 0 atom stereocenters. The molecule has 1 N–H and O–H groups in total. The minimum absolute atomic E-state index is 0.117. The van der Waals surface area contributed by atoms with Gasteiger partial charge >= 0.3 is 0 Å². The van der Waals surface area contributed by atoms with Gasteiger partial charge in [0.15, 0.2) is 0 Å². The van der Waals surface area contributed by atoms with Crippen LogP contribution >= 0.6 is 0 Å². The predicted molar refractivity (Wildman–Crippen MR) is 92.3 cm³/mol. The average molecular weight is 312 g/mol. The van der Waals surface area contributed by atoms with Crippen LogP contribution < -0.4 is 10.2 Å². The maximum atomic E-state index is 10.6. The van der Waals surface area contributed by atoms with E-state index >= 15 is 0 Å². The summed E-state index contributed by atoms with van der Waals surface area (Å²) in [6, 6.07) is 14.1. The van der Waals surface area contributed by atoms with Gasteiger partial charge in [-0.05, 0) is 48.5 Å². The molecule has 0 aliphatic heterocycles. The number of amides is 1. The maximum absolute atomic E-state index is 10.6. The molecule has 2 aromatic rings. The fourth-order valence-electron chi connectivity index (χ4n) is 1.70. The fraction of sp³-hybridized carbons (Fsp3) is 0.167. The second kappa shape index (κ2) is 9.15. The Hall–Kier alpha value is -2.95. The molecule has 5 heteroatoms. The molecule has 0 aliphatic carbocycles. The first-order chi connectivity index (χ1) is 11.0. The Morgan fingerprint density at radius 1 is 0.870 bits per heavy atom. The Labute approximate surface area is 135 Å². The molecule has 0 heterocycles. The van der Waals surface area contributed by atoms with Gasteiger partial charge in [-0.2, -0.15) is 0 Å². The third-order valence-corrected chi connectivity index (χ3v) is 2.91. The van der Waals surface area contributed by atoms with Gasteiger partial charge in [0.1, 0.15) is 12.6 Å². The van der Waals surface area contributed by atoms with E-state index in [1.807, 2.05) is 43.3 Å². The fourth-order valence-corrected chi connectivity index (χ4v) is 1.70. The summed E-state index contributed by atoms with van der Waals surface area (Å²) >= 11 is 0. The smallest absolute Gasteiger partial charge is 0.221 e. The minimum Gasteiger partial charge on any atom is -0.378 e. The largest absolute Gasteiger partial charge is 0.378 e. The molecule has 0 aromatic heterocycles. The number of aldehydes is 2. The lowest BCUT2D eigenvalue weighted by atomic mass is 10.2. The number of rotatable bonds is 4. The van der Waals surface area contributed by atoms with Crippen molar-refractivity contribution in [3.63, 3.8) is 0 Å². The van der Waals surface area contributed by atoms with E-state index < -0.39 is 0 Å². The molecule has 0 aliphatic rings. The van der Waals surface area contributed by atoms with E-state index in [4.69, 9.17) is 0 Å². The highest BCUT2D eigenvalue weighted by atomic mass is 16.1. The Kier molecular flexibility index (Phi) is 7.20. The molecule has 0 spiro atoms. The number of benzene rings is 2. The van der Waals surface area contributed by atoms with Gasteiger partial charge < -0.3 is 10.2 Å². The third-order valence-electron chi connectivity index (χ3n) is 2.91. The maximum Gasteiger partial charge on any atom is 0.221 e. The highest BCUT2D eigenvalue weighted by Crippen LogP contribution is 2.10. The standard InChI is InChI=1S/C9H9NO2.C9H11NO/c1-7(12)10-9-4-2-8(6-11)3-5-9;1-10(2)9-5-3-8(7-11)4-6-9/h2-6H,1H3,(H,10,12);3-7H,1-2H3. The summed E-state index contributed by atoms with van der Waals surface area (Å²) in [6.07, 6.45) is 1.61. The number of carbonyl (C=O) groups excluding carboxylic acids is 3. The van der Waals surface area contributed by atoms with E-state index in [0.717, 1.165) is 23.8 Å². The molecule has 0 unspecified atom stereocenters. The highest BCUT2D eigenvalue weighted by Gasteiger charge is 1.94. The normalized spacial score (nSPS) is 9.17. The zero-order chi connectivity index (χ0) is 17.2. The zero-order valence-corrected chi connectivity index (χ0v) is 13.4. The van der Waals surface area contributed by atoms with Crippen LogP contribution in [0.4, 0.5) is 11.4 Å². The van der Waals surface area contributed by atoms with Crippen molar-refractivity contribution in [2.24, 2.45) is 0 Å². The van der Waals surface area contributed by atoms with Gasteiger partial charge in [-0.15, -0.1) is 0 Å². The third kappa shape index (κ3) is 6.56. The molecule has 2 rings (SSSR count). The van der Waals surface area contributed by atoms with Crippen LogP contribution in [-0.4, -0.2) is 32.6 Å². The monoisotopic (exact) mass is 312 g/mol. The summed E-state index contributed by atoms with van der Waals surface area (Å²) in [5.41, 5.74) is 3.13. The van der Waals surface area contributed by atoms with E-state index in [2.05, 4.69) is 5.32 Å². The lowest BCUT2D eigenvalue weighted by Crippen LogP contribution is -2.08. The molecule has 120 valence electrons. The lowest BCUT2D eigenvalue weighted by molar-refractivity contribution is -0.114. The quantitative estimate of drug-likeness (QED) is 0.881. The molecule has 5 nitrogen and oxygen atoms in total. The number of carbonyl (C=O) groups is 3. The molecule has 23 heavy (non-hydrogen) atoms. The number of anilines is 2. The van der Waals surface area contributed by atoms with Crippen molar-refractivity contribution in [2.75, 3.05) is 24.3 Å². The van der Waals surface area contributed by atoms with Crippen LogP contribution in [0.3, 0.4) is 0 Å². The van der Waals surface area contributed by atoms with E-state index in [1.54, 1.807) is 24.3 Å². The van der Waals surface area contributed by atoms with Gasteiger partial charge in [-0.1, -0.05) is 0 Å². The first-order valence-electron chi connectivity index (χ1n) is 7.01. The summed E-state index contributed by atoms with van der Waals surface area (Å²) in [7, 11) is 3.94. The summed E-state index contributed by atoms with van der Waals surface area (Å²) in [4.78, 5) is 33.1. The van der Waals surface area contributed by atoms with Crippen molar-refractivity contribution in [3.05, 3.63) is 59.7 Å². The number of nitrogens with one attached hydrogen (secondary N) is 1. The Morgan fingerprint density at radius 2 is 1.30 bits per heavy atom. The number of nitrogens with zero attached hydrogens (tertiary/aromatic N) is 1. The first-order valence-corrected chi connectivity index (χ1v) is 7.01. The van der Waals surface area contributed by atoms with Crippen LogP contribution in [0.1, 0.15) is 27.6 Å². The topological polar surface area (TPSA) is 66.5 Å². The van der Waals surface area contributed by atoms with Crippen molar-refractivity contribution < 1.29 is 14.4 Å². The summed E-state index contributed by atoms with van der Waals surface area (Å²) in [5, 5.41) is 2.60. The lowest BCUT2D eigenvalue weighted by Gasteiger charge is -2.11. The van der Waals surface area contributed by atoms with Gasteiger partial charge in [0.2, 0.25) is 5.91 Å². The molecule has 1 amide bonds. The van der Waals surface area contributed by atoms with Crippen LogP contribution in [0.15, 0.2) is 48.5 Å². The SMILES string of the molecule is CC(=O)Nc1ccc(C=O)cc1.CN(C)c1ccc(C=O)cc1. The molecular formula is C18H20N2O3. The second-order valence-corrected chi connectivity index (χ2v) is 5.02. The Balaban J connectivity index is 0.000000231. The molecular weight excluding hydrogens is 292 g/mol. The summed E-state index contributed by atoms with van der Waals surface area (Å²) in [6.45, 7) is 1.44.